The maximum atomic E-state index is 7.52. The van der Waals surface area contributed by atoms with E-state index in [-0.39, 0.29) is 44.8 Å². The molecule has 7 aromatic carbocycles. The zero-order chi connectivity index (χ0) is 53.1. The number of anilines is 2. The summed E-state index contributed by atoms with van der Waals surface area (Å²) in [4.78, 5) is 2.79. The van der Waals surface area contributed by atoms with Crippen molar-refractivity contribution in [3.05, 3.63) is 148 Å². The van der Waals surface area contributed by atoms with Crippen molar-refractivity contribution < 1.29 is 4.42 Å². The Bertz CT molecular complexity index is 4280. The van der Waals surface area contributed by atoms with Crippen LogP contribution in [-0.2, 0) is 37.9 Å². The van der Waals surface area contributed by atoms with E-state index >= 15 is 0 Å². The number of benzene rings is 7. The second-order valence-electron chi connectivity index (χ2n) is 29.4. The number of hydrogen-bond donors (Lipinski definition) is 0. The van der Waals surface area contributed by atoms with Gasteiger partial charge in [0.1, 0.15) is 11.2 Å². The van der Waals surface area contributed by atoms with Gasteiger partial charge in [-0.25, -0.2) is 0 Å². The van der Waals surface area contributed by atoms with Crippen molar-refractivity contribution in [2.24, 2.45) is 0 Å². The van der Waals surface area contributed by atoms with Crippen molar-refractivity contribution in [2.45, 2.75) is 174 Å². The largest absolute Gasteiger partial charge is 0.455 e. The summed E-state index contributed by atoms with van der Waals surface area (Å²) in [5.41, 5.74) is 26.7. The number of furan rings is 1. The van der Waals surface area contributed by atoms with Crippen molar-refractivity contribution in [3.8, 4) is 27.9 Å². The fourth-order valence-corrected chi connectivity index (χ4v) is 16.8. The van der Waals surface area contributed by atoms with Gasteiger partial charge in [-0.1, -0.05) is 153 Å². The van der Waals surface area contributed by atoms with Gasteiger partial charge in [0.05, 0.1) is 16.7 Å². The number of rotatable bonds is 1. The summed E-state index contributed by atoms with van der Waals surface area (Å²) in [5.74, 6) is 0. The first-order valence-electron chi connectivity index (χ1n) is 28.5. The zero-order valence-corrected chi connectivity index (χ0v) is 48.7. The summed E-state index contributed by atoms with van der Waals surface area (Å²) >= 11 is 2.04. The second kappa shape index (κ2) is 14.4. The van der Waals surface area contributed by atoms with E-state index in [9.17, 15) is 0 Å². The first-order chi connectivity index (χ1) is 35.7. The van der Waals surface area contributed by atoms with Gasteiger partial charge in [0, 0.05) is 64.3 Å². The molecule has 5 heterocycles. The quantitative estimate of drug-likeness (QED) is 0.153. The minimum atomic E-state index is -0.228. The zero-order valence-electron chi connectivity index (χ0n) is 47.9. The highest BCUT2D eigenvalue weighted by molar-refractivity contribution is 7.32. The van der Waals surface area contributed by atoms with E-state index in [1.54, 1.807) is 0 Å². The lowest BCUT2D eigenvalue weighted by Crippen LogP contribution is -2.59. The molecular weight excluding hydrogens is 940 g/mol. The molecule has 0 amide bonds. The third-order valence-electron chi connectivity index (χ3n) is 20.4. The SMILES string of the molecule is CC(C)(C)c1ccc(N2B3c4sc5cc6c(cc5c4-n4c5ccc(C(C)(C)C)cc5c5c7c(oc8ccccc87)c(c3c54)-c3cc4c(cc32)-c2cc3c(cc2C4(C)C)C(C)(C)CCC3(C)C)C(C)(C)CCC6(C)C)cc1. The maximum absolute atomic E-state index is 7.52. The predicted molar refractivity (Wildman–Crippen MR) is 328 cm³/mol. The Balaban J connectivity index is 1.15. The van der Waals surface area contributed by atoms with Gasteiger partial charge in [0.2, 0.25) is 0 Å². The molecule has 3 aromatic heterocycles. The molecule has 0 N–H and O–H groups in total. The molecule has 3 nitrogen and oxygen atoms in total. The third kappa shape index (κ3) is 5.97. The summed E-state index contributed by atoms with van der Waals surface area (Å²) in [5, 5.41) is 6.41. The van der Waals surface area contributed by atoms with Crippen LogP contribution in [-0.4, -0.2) is 11.4 Å². The van der Waals surface area contributed by atoms with E-state index in [0.717, 1.165) is 11.2 Å². The Morgan fingerprint density at radius 1 is 0.526 bits per heavy atom. The van der Waals surface area contributed by atoms with Crippen LogP contribution in [0.2, 0.25) is 0 Å². The average Bonchev–Trinajstić information content (AvgIpc) is 4.29. The van der Waals surface area contributed by atoms with Crippen LogP contribution in [0.3, 0.4) is 0 Å². The van der Waals surface area contributed by atoms with Gasteiger partial charge >= 0.3 is 6.85 Å². The molecule has 0 bridgehead atoms. The molecule has 76 heavy (non-hydrogen) atoms. The van der Waals surface area contributed by atoms with E-state index in [2.05, 4.69) is 223 Å². The molecule has 382 valence electrons. The first kappa shape index (κ1) is 47.2. The molecule has 0 unspecified atom stereocenters. The maximum Gasteiger partial charge on any atom is 0.343 e. The fraction of sp³-hybridized carbons (Fsp3) is 0.380. The highest BCUT2D eigenvalue weighted by atomic mass is 32.1. The molecule has 5 aliphatic rings. The molecule has 3 aliphatic carbocycles. The molecule has 5 heteroatoms. The standard InChI is InChI=1S/C71H73BN2OS/c1-65(2,3)38-21-24-40(25-22-38)74-54-35-43-42-32-49-51(69(11,12)29-27-67(49,7)8)36-48(42)71(15,16)47(43)33-45(54)59-60-62-57(58-41-19-17-18-20-55(41)75-63(58)59)44-31-39(66(4,5)6)23-26-53(44)73(62)61-46-34-50-52(37-56(46)76-64(61)72(60)74)70(13,14)30-28-68(50,9)10/h17-26,31-37H,27-30H2,1-16H3. The summed E-state index contributed by atoms with van der Waals surface area (Å²) in [6.07, 6.45) is 4.75. The van der Waals surface area contributed by atoms with Gasteiger partial charge < -0.3 is 13.8 Å². The van der Waals surface area contributed by atoms with E-state index in [0.29, 0.717) is 0 Å². The van der Waals surface area contributed by atoms with Crippen molar-refractivity contribution >= 4 is 93.6 Å². The highest BCUT2D eigenvalue weighted by Gasteiger charge is 2.51. The lowest BCUT2D eigenvalue weighted by atomic mass is 9.47. The number of para-hydroxylation sites is 1. The minimum absolute atomic E-state index is 0.0125. The first-order valence-corrected chi connectivity index (χ1v) is 29.4. The van der Waals surface area contributed by atoms with Gasteiger partial charge in [-0.15, -0.1) is 11.3 Å². The molecule has 0 saturated carbocycles. The van der Waals surface area contributed by atoms with Crippen molar-refractivity contribution in [2.75, 3.05) is 4.81 Å². The third-order valence-corrected chi connectivity index (χ3v) is 21.6. The molecule has 2 aliphatic heterocycles. The number of nitrogens with zero attached hydrogens (tertiary/aromatic N) is 2. The van der Waals surface area contributed by atoms with E-state index < -0.39 is 0 Å². The van der Waals surface area contributed by atoms with Crippen LogP contribution in [0, 0.1) is 0 Å². The van der Waals surface area contributed by atoms with E-state index in [1.807, 2.05) is 11.3 Å². The number of fused-ring (bicyclic) bond motifs is 20. The lowest BCUT2D eigenvalue weighted by Gasteiger charge is -2.42. The normalized spacial score (nSPS) is 19.1. The van der Waals surface area contributed by atoms with Crippen molar-refractivity contribution in [1.29, 1.82) is 0 Å². The van der Waals surface area contributed by atoms with E-state index in [4.69, 9.17) is 4.42 Å². The van der Waals surface area contributed by atoms with Crippen LogP contribution < -0.4 is 15.1 Å². The summed E-state index contributed by atoms with van der Waals surface area (Å²) < 4.78 is 13.1. The Morgan fingerprint density at radius 2 is 1.09 bits per heavy atom. The molecule has 10 aromatic rings. The van der Waals surface area contributed by atoms with Gasteiger partial charge in [-0.05, 0) is 180 Å². The number of hydrogen-bond acceptors (Lipinski definition) is 3. The topological polar surface area (TPSA) is 21.3 Å². The predicted octanol–water partition coefficient (Wildman–Crippen LogP) is 18.7. The van der Waals surface area contributed by atoms with Gasteiger partial charge in [0.25, 0.3) is 0 Å². The van der Waals surface area contributed by atoms with Gasteiger partial charge in [-0.2, -0.15) is 0 Å². The van der Waals surface area contributed by atoms with E-state index in [1.165, 1.54) is 162 Å². The Kier molecular flexibility index (Phi) is 8.92. The van der Waals surface area contributed by atoms with Crippen LogP contribution in [0.15, 0.2) is 108 Å². The molecule has 0 fully saturated rings. The van der Waals surface area contributed by atoms with Crippen LogP contribution in [0.4, 0.5) is 11.4 Å². The Hall–Kier alpha value is -6.04. The van der Waals surface area contributed by atoms with Crippen LogP contribution >= 0.6 is 11.3 Å². The molecular formula is C71H73BN2OS. The van der Waals surface area contributed by atoms with Crippen LogP contribution in [0.5, 0.6) is 0 Å². The highest BCUT2D eigenvalue weighted by Crippen LogP contribution is 2.60. The summed E-state index contributed by atoms with van der Waals surface area (Å²) in [6, 6.07) is 41.8. The van der Waals surface area contributed by atoms with Gasteiger partial charge in [0.15, 0.2) is 0 Å². The van der Waals surface area contributed by atoms with Crippen molar-refractivity contribution in [3.63, 3.8) is 0 Å². The Morgan fingerprint density at radius 3 is 1.75 bits per heavy atom. The fourth-order valence-electron chi connectivity index (χ4n) is 15.5. The average molecular weight is 1010 g/mol. The molecule has 15 rings (SSSR count). The minimum Gasteiger partial charge on any atom is -0.455 e. The molecule has 0 saturated heterocycles. The molecule has 0 atom stereocenters. The lowest BCUT2D eigenvalue weighted by molar-refractivity contribution is 0.331. The van der Waals surface area contributed by atoms with Crippen LogP contribution in [0.1, 0.15) is 181 Å². The monoisotopic (exact) mass is 1010 g/mol. The molecule has 0 radical (unpaired) electrons. The number of thiophene rings is 1. The Labute approximate surface area is 454 Å². The van der Waals surface area contributed by atoms with Crippen molar-refractivity contribution in [1.82, 2.24) is 4.57 Å². The van der Waals surface area contributed by atoms with Gasteiger partial charge in [-0.3, -0.25) is 0 Å². The smallest absolute Gasteiger partial charge is 0.343 e. The van der Waals surface area contributed by atoms with Crippen LogP contribution in [0.25, 0.3) is 81.8 Å². The second-order valence-corrected chi connectivity index (χ2v) is 30.5. The summed E-state index contributed by atoms with van der Waals surface area (Å²) in [7, 11) is 0. The molecule has 0 spiro atoms. The summed E-state index contributed by atoms with van der Waals surface area (Å²) in [6.45, 7) is 38.8. The number of aromatic nitrogens is 1.